The van der Waals surface area contributed by atoms with E-state index in [2.05, 4.69) is 25.0 Å². The molecule has 102 valence electrons. The molecule has 2 aromatic heterocycles. The smallest absolute Gasteiger partial charge is 0.371 e. The van der Waals surface area contributed by atoms with Crippen LogP contribution in [-0.2, 0) is 18.7 Å². The van der Waals surface area contributed by atoms with Gasteiger partial charge < -0.3 is 9.52 Å². The zero-order valence-corrected chi connectivity index (χ0v) is 11.7. The van der Waals surface area contributed by atoms with E-state index >= 15 is 0 Å². The fraction of sp³-hybridized carbons (Fsp3) is 0.385. The Morgan fingerprint density at radius 1 is 1.47 bits per heavy atom. The third-order valence-electron chi connectivity index (χ3n) is 2.73. The summed E-state index contributed by atoms with van der Waals surface area (Å²) in [5, 5.41) is 13.9. The van der Waals surface area contributed by atoms with Crippen molar-refractivity contribution in [1.29, 1.82) is 0 Å². The maximum atomic E-state index is 10.7. The first kappa shape index (κ1) is 13.7. The van der Waals surface area contributed by atoms with Gasteiger partial charge in [-0.2, -0.15) is 5.10 Å². The van der Waals surface area contributed by atoms with E-state index in [1.54, 1.807) is 6.07 Å². The average Bonchev–Trinajstić information content (AvgIpc) is 3.02. The van der Waals surface area contributed by atoms with Gasteiger partial charge in [-0.05, 0) is 31.5 Å². The molecule has 2 rings (SSSR count). The fourth-order valence-corrected chi connectivity index (χ4v) is 2.57. The summed E-state index contributed by atoms with van der Waals surface area (Å²) in [7, 11) is 0. The Balaban J connectivity index is 2.05. The predicted octanol–water partition coefficient (Wildman–Crippen LogP) is 3.05. The molecule has 5 nitrogen and oxygen atoms in total. The van der Waals surface area contributed by atoms with E-state index in [0.717, 1.165) is 24.4 Å². The summed E-state index contributed by atoms with van der Waals surface area (Å²) >= 11 is 1.47. The summed E-state index contributed by atoms with van der Waals surface area (Å²) in [5.41, 5.74) is 2.20. The monoisotopic (exact) mass is 280 g/mol. The number of aromatic nitrogens is 2. The Labute approximate surface area is 115 Å². The predicted molar refractivity (Wildman–Crippen MR) is 72.5 cm³/mol. The molecule has 6 heteroatoms. The summed E-state index contributed by atoms with van der Waals surface area (Å²) < 4.78 is 7.17. The molecule has 0 aliphatic rings. The van der Waals surface area contributed by atoms with Gasteiger partial charge in [0.05, 0.1) is 5.69 Å². The molecule has 2 aromatic rings. The topological polar surface area (TPSA) is 68.3 Å². The van der Waals surface area contributed by atoms with Crippen molar-refractivity contribution in [3.8, 4) is 0 Å². The number of hydrogen-bond acceptors (Lipinski definition) is 4. The molecule has 0 aromatic carbocycles. The van der Waals surface area contributed by atoms with Gasteiger partial charge in [-0.15, -0.1) is 0 Å². The van der Waals surface area contributed by atoms with E-state index < -0.39 is 5.97 Å². The third-order valence-corrected chi connectivity index (χ3v) is 3.67. The molecule has 0 saturated carbocycles. The van der Waals surface area contributed by atoms with Crippen molar-refractivity contribution in [1.82, 2.24) is 9.78 Å². The summed E-state index contributed by atoms with van der Waals surface area (Å²) in [4.78, 5) is 10.7. The molecular formula is C13H16N2O3S. The molecular weight excluding hydrogens is 264 g/mol. The van der Waals surface area contributed by atoms with Crippen LogP contribution in [-0.4, -0.2) is 20.9 Å². The molecule has 2 heterocycles. The minimum absolute atomic E-state index is 0.0271. The number of aromatic carboxylic acids is 1. The van der Waals surface area contributed by atoms with Crippen LogP contribution >= 0.6 is 11.8 Å². The Morgan fingerprint density at radius 2 is 2.26 bits per heavy atom. The molecule has 0 radical (unpaired) electrons. The van der Waals surface area contributed by atoms with E-state index in [9.17, 15) is 4.79 Å². The molecule has 0 aliphatic heterocycles. The molecule has 19 heavy (non-hydrogen) atoms. The number of thioether (sulfide) groups is 1. The van der Waals surface area contributed by atoms with Crippen LogP contribution in [0.15, 0.2) is 27.7 Å². The summed E-state index contributed by atoms with van der Waals surface area (Å²) in [6, 6.07) is 5.23. The second kappa shape index (κ2) is 5.97. The number of furan rings is 1. The van der Waals surface area contributed by atoms with Crippen molar-refractivity contribution in [3.05, 3.63) is 35.3 Å². The largest absolute Gasteiger partial charge is 0.475 e. The van der Waals surface area contributed by atoms with E-state index in [1.807, 2.05) is 4.68 Å². The van der Waals surface area contributed by atoms with Gasteiger partial charge in [-0.3, -0.25) is 4.68 Å². The van der Waals surface area contributed by atoms with Crippen LogP contribution in [0.2, 0.25) is 0 Å². The summed E-state index contributed by atoms with van der Waals surface area (Å²) in [5.74, 6) is -0.354. The van der Waals surface area contributed by atoms with Crippen LogP contribution in [0.25, 0.3) is 0 Å². The maximum absolute atomic E-state index is 10.7. The highest BCUT2D eigenvalue weighted by Gasteiger charge is 2.11. The number of hydrogen-bond donors (Lipinski definition) is 1. The highest BCUT2D eigenvalue weighted by Crippen LogP contribution is 2.25. The molecule has 1 N–H and O–H groups in total. The first-order chi connectivity index (χ1) is 9.13. The highest BCUT2D eigenvalue weighted by atomic mass is 32.2. The standard InChI is InChI=1S/C13H16N2O3S/c1-3-9-7-10(15(4-2)14-9)8-19-12-6-5-11(18-12)13(16)17/h5-7H,3-4,8H2,1-2H3,(H,16,17). The zero-order chi connectivity index (χ0) is 13.8. The lowest BCUT2D eigenvalue weighted by Gasteiger charge is -2.02. The van der Waals surface area contributed by atoms with Crippen molar-refractivity contribution < 1.29 is 14.3 Å². The molecule has 0 spiro atoms. The van der Waals surface area contributed by atoms with Crippen LogP contribution in [0.4, 0.5) is 0 Å². The van der Waals surface area contributed by atoms with Crippen LogP contribution in [0.1, 0.15) is 35.8 Å². The van der Waals surface area contributed by atoms with Crippen LogP contribution in [0, 0.1) is 0 Å². The minimum Gasteiger partial charge on any atom is -0.475 e. The van der Waals surface area contributed by atoms with Gasteiger partial charge in [0, 0.05) is 18.0 Å². The highest BCUT2D eigenvalue weighted by molar-refractivity contribution is 7.98. The van der Waals surface area contributed by atoms with Gasteiger partial charge >= 0.3 is 5.97 Å². The third kappa shape index (κ3) is 3.20. The summed E-state index contributed by atoms with van der Waals surface area (Å²) in [6.07, 6.45) is 0.911. The van der Waals surface area contributed by atoms with Crippen molar-refractivity contribution >= 4 is 17.7 Å². The molecule has 0 unspecified atom stereocenters. The van der Waals surface area contributed by atoms with Gasteiger partial charge in [0.25, 0.3) is 0 Å². The van der Waals surface area contributed by atoms with Crippen LogP contribution in [0.3, 0.4) is 0 Å². The quantitative estimate of drug-likeness (QED) is 0.824. The van der Waals surface area contributed by atoms with Crippen molar-refractivity contribution in [2.24, 2.45) is 0 Å². The Kier molecular flexibility index (Phi) is 4.31. The number of carbonyl (C=O) groups is 1. The number of carboxylic acid groups (broad SMARTS) is 1. The number of carboxylic acids is 1. The molecule has 0 amide bonds. The van der Waals surface area contributed by atoms with Crippen LogP contribution < -0.4 is 0 Å². The zero-order valence-electron chi connectivity index (χ0n) is 10.9. The molecule has 0 atom stereocenters. The lowest BCUT2D eigenvalue weighted by Crippen LogP contribution is -2.01. The lowest BCUT2D eigenvalue weighted by molar-refractivity contribution is 0.0656. The van der Waals surface area contributed by atoms with Crippen molar-refractivity contribution in [2.45, 2.75) is 37.7 Å². The van der Waals surface area contributed by atoms with E-state index in [4.69, 9.17) is 9.52 Å². The first-order valence-electron chi connectivity index (χ1n) is 6.15. The van der Waals surface area contributed by atoms with Gasteiger partial charge in [0.2, 0.25) is 5.76 Å². The first-order valence-corrected chi connectivity index (χ1v) is 7.14. The van der Waals surface area contributed by atoms with Crippen LogP contribution in [0.5, 0.6) is 0 Å². The second-order valence-corrected chi connectivity index (χ2v) is 4.99. The Morgan fingerprint density at radius 3 is 2.84 bits per heavy atom. The number of nitrogens with zero attached hydrogens (tertiary/aromatic N) is 2. The molecule has 0 saturated heterocycles. The average molecular weight is 280 g/mol. The van der Waals surface area contributed by atoms with Crippen molar-refractivity contribution in [2.75, 3.05) is 0 Å². The Bertz CT molecular complexity index is 574. The number of rotatable bonds is 6. The Hall–Kier alpha value is -1.69. The van der Waals surface area contributed by atoms with E-state index in [0.29, 0.717) is 10.8 Å². The lowest BCUT2D eigenvalue weighted by atomic mass is 10.3. The van der Waals surface area contributed by atoms with Gasteiger partial charge in [-0.1, -0.05) is 18.7 Å². The van der Waals surface area contributed by atoms with Gasteiger partial charge in [0.15, 0.2) is 5.09 Å². The number of aryl methyl sites for hydroxylation is 2. The normalized spacial score (nSPS) is 10.8. The second-order valence-electron chi connectivity index (χ2n) is 4.01. The SMILES string of the molecule is CCc1cc(CSc2ccc(C(=O)O)o2)n(CC)n1. The molecule has 0 aliphatic carbocycles. The molecule has 0 fully saturated rings. The van der Waals surface area contributed by atoms with Gasteiger partial charge in [-0.25, -0.2) is 4.79 Å². The maximum Gasteiger partial charge on any atom is 0.371 e. The fourth-order valence-electron chi connectivity index (χ4n) is 1.74. The molecule has 0 bridgehead atoms. The van der Waals surface area contributed by atoms with E-state index in [-0.39, 0.29) is 5.76 Å². The summed E-state index contributed by atoms with van der Waals surface area (Å²) in [6.45, 7) is 4.95. The minimum atomic E-state index is -1.04. The van der Waals surface area contributed by atoms with Gasteiger partial charge in [0.1, 0.15) is 0 Å². The van der Waals surface area contributed by atoms with E-state index in [1.165, 1.54) is 17.8 Å². The van der Waals surface area contributed by atoms with Crippen molar-refractivity contribution in [3.63, 3.8) is 0 Å².